The van der Waals surface area contributed by atoms with E-state index in [1.807, 2.05) is 0 Å². The van der Waals surface area contributed by atoms with E-state index in [0.29, 0.717) is 0 Å². The third-order valence-corrected chi connectivity index (χ3v) is 0. The first-order valence-electron chi connectivity index (χ1n) is 3.91. The molecular weight excluding hydrogens is 361 g/mol. The minimum absolute atomic E-state index is 0. The number of hydrogen-bond acceptors (Lipinski definition) is 4. The molecule has 0 aliphatic heterocycles. The van der Waals surface area contributed by atoms with Crippen molar-refractivity contribution in [3.05, 3.63) is 0 Å². The molecule has 0 unspecified atom stereocenters. The molecule has 0 N–H and O–H groups in total. The molecule has 123 valence electrons. The summed E-state index contributed by atoms with van der Waals surface area (Å²) in [5.74, 6) is 0. The van der Waals surface area contributed by atoms with Crippen molar-refractivity contribution in [2.24, 2.45) is 0 Å². The molecule has 0 atom stereocenters. The van der Waals surface area contributed by atoms with E-state index < -0.39 is 7.81 Å². The predicted octanol–water partition coefficient (Wildman–Crippen LogP) is 5.50. The second-order valence-corrected chi connectivity index (χ2v) is 3.77. The third kappa shape index (κ3) is 1730. The first-order valence-corrected chi connectivity index (χ1v) is 5.94. The molecule has 0 fully saturated rings. The second-order valence-electron chi connectivity index (χ2n) is 1.85. The van der Waals surface area contributed by atoms with Gasteiger partial charge in [-0.1, -0.05) is 0 Å². The van der Waals surface area contributed by atoms with E-state index in [2.05, 4.69) is 0 Å². The van der Waals surface area contributed by atoms with Crippen molar-refractivity contribution in [1.29, 1.82) is 21.0 Å². The van der Waals surface area contributed by atoms with Crippen molar-refractivity contribution in [1.82, 2.24) is 0 Å². The van der Waals surface area contributed by atoms with Gasteiger partial charge in [-0.3, -0.25) is 0 Å². The SMILES string of the molecule is CC#N.CC#N.CC#N.CC#N.F[P-](F)(F)(F)(F)F.[Cu]. The molecule has 12 heteroatoms. The van der Waals surface area contributed by atoms with E-state index in [1.165, 1.54) is 27.7 Å². The van der Waals surface area contributed by atoms with Crippen LogP contribution in [0.3, 0.4) is 0 Å². The Hall–Kier alpha value is -1.51. The van der Waals surface area contributed by atoms with Crippen LogP contribution in [0.5, 0.6) is 0 Å². The van der Waals surface area contributed by atoms with E-state index in [1.54, 1.807) is 24.3 Å². The Balaban J connectivity index is -0.0000000326. The van der Waals surface area contributed by atoms with Crippen LogP contribution in [-0.4, -0.2) is 0 Å². The van der Waals surface area contributed by atoms with Crippen LogP contribution in [-0.2, 0) is 17.1 Å². The minimum atomic E-state index is -10.7. The van der Waals surface area contributed by atoms with Gasteiger partial charge in [-0.25, -0.2) is 0 Å². The summed E-state index contributed by atoms with van der Waals surface area (Å²) in [5, 5.41) is 29.3. The van der Waals surface area contributed by atoms with Crippen molar-refractivity contribution in [3.8, 4) is 24.3 Å². The van der Waals surface area contributed by atoms with Crippen LogP contribution in [0.1, 0.15) is 27.7 Å². The zero-order valence-electron chi connectivity index (χ0n) is 10.8. The van der Waals surface area contributed by atoms with Crippen LogP contribution in [0, 0.1) is 45.3 Å². The molecule has 0 aliphatic rings. The molecule has 0 rings (SSSR count). The average Bonchev–Trinajstić information content (AvgIpc) is 2.01. The first kappa shape index (κ1) is 36.3. The largest absolute Gasteiger partial charge is 0 e. The molecule has 0 saturated heterocycles. The molecule has 0 aliphatic carbocycles. The van der Waals surface area contributed by atoms with Crippen LogP contribution in [0.15, 0.2) is 0 Å². The van der Waals surface area contributed by atoms with Crippen molar-refractivity contribution in [2.45, 2.75) is 27.7 Å². The third-order valence-electron chi connectivity index (χ3n) is 0. The summed E-state index contributed by atoms with van der Waals surface area (Å²) in [7, 11) is -10.7. The summed E-state index contributed by atoms with van der Waals surface area (Å²) < 4.78 is 59.2. The van der Waals surface area contributed by atoms with E-state index in [4.69, 9.17) is 21.0 Å². The average molecular weight is 373 g/mol. The molecule has 0 spiro atoms. The van der Waals surface area contributed by atoms with Gasteiger partial charge >= 0.3 is 33.0 Å². The van der Waals surface area contributed by atoms with Gasteiger partial charge in [0.15, 0.2) is 0 Å². The number of hydrogen-bond donors (Lipinski definition) is 0. The molecule has 0 aromatic carbocycles. The quantitative estimate of drug-likeness (QED) is 0.318. The van der Waals surface area contributed by atoms with Crippen LogP contribution in [0.4, 0.5) is 25.2 Å². The van der Waals surface area contributed by atoms with Gasteiger partial charge < -0.3 is 0 Å². The Morgan fingerprint density at radius 3 is 0.550 bits per heavy atom. The van der Waals surface area contributed by atoms with Gasteiger partial charge in [-0.15, -0.1) is 0 Å². The van der Waals surface area contributed by atoms with Crippen LogP contribution in [0.25, 0.3) is 0 Å². The predicted molar refractivity (Wildman–Crippen MR) is 58.7 cm³/mol. The van der Waals surface area contributed by atoms with Crippen LogP contribution < -0.4 is 0 Å². The van der Waals surface area contributed by atoms with Gasteiger partial charge in [0.05, 0.1) is 24.3 Å². The van der Waals surface area contributed by atoms with Crippen LogP contribution >= 0.6 is 7.81 Å². The number of nitrogens with zero attached hydrogens (tertiary/aromatic N) is 4. The van der Waals surface area contributed by atoms with Gasteiger partial charge in [0.1, 0.15) is 0 Å². The molecule has 20 heavy (non-hydrogen) atoms. The Morgan fingerprint density at radius 2 is 0.550 bits per heavy atom. The molecular formula is C8H12CuF6N4P-. The van der Waals surface area contributed by atoms with Gasteiger partial charge in [0.25, 0.3) is 0 Å². The maximum atomic E-state index is 9.87. The summed E-state index contributed by atoms with van der Waals surface area (Å²) in [5.41, 5.74) is 0. The normalized spacial score (nSPS) is 9.70. The van der Waals surface area contributed by atoms with Crippen molar-refractivity contribution in [3.63, 3.8) is 0 Å². The molecule has 0 aromatic heterocycles. The number of nitriles is 4. The van der Waals surface area contributed by atoms with Crippen LogP contribution in [0.2, 0.25) is 0 Å². The summed E-state index contributed by atoms with van der Waals surface area (Å²) in [4.78, 5) is 0. The summed E-state index contributed by atoms with van der Waals surface area (Å²) >= 11 is 0. The van der Waals surface area contributed by atoms with Crippen molar-refractivity contribution in [2.75, 3.05) is 0 Å². The summed E-state index contributed by atoms with van der Waals surface area (Å²) in [6, 6.07) is 7.00. The maximum absolute atomic E-state index is 10.7. The molecule has 0 saturated carbocycles. The van der Waals surface area contributed by atoms with Gasteiger partial charge in [0.2, 0.25) is 0 Å². The zero-order chi connectivity index (χ0) is 17.2. The Morgan fingerprint density at radius 1 is 0.550 bits per heavy atom. The van der Waals surface area contributed by atoms with Gasteiger partial charge in [-0.2, -0.15) is 21.0 Å². The molecule has 1 radical (unpaired) electrons. The van der Waals surface area contributed by atoms with E-state index >= 15 is 0 Å². The Kier molecular flexibility index (Phi) is 28.2. The molecule has 0 heterocycles. The fourth-order valence-electron chi connectivity index (χ4n) is 0. The van der Waals surface area contributed by atoms with Crippen molar-refractivity contribution < 1.29 is 42.3 Å². The smallest absolute Gasteiger partial charge is 0 e. The monoisotopic (exact) mass is 372 g/mol. The molecule has 0 amide bonds. The van der Waals surface area contributed by atoms with Gasteiger partial charge in [0, 0.05) is 44.8 Å². The minimum Gasteiger partial charge on any atom is 0 e. The van der Waals surface area contributed by atoms with Gasteiger partial charge in [-0.05, 0) is 0 Å². The zero-order valence-corrected chi connectivity index (χ0v) is 12.6. The standard InChI is InChI=1S/4C2H3N.Cu.F6P/c4*1-2-3;;1-7(2,3,4,5)6/h4*1H3;;/q;;;;;-1. The number of rotatable bonds is 0. The fourth-order valence-corrected chi connectivity index (χ4v) is 0. The molecule has 0 aromatic rings. The van der Waals surface area contributed by atoms with E-state index in [-0.39, 0.29) is 17.1 Å². The molecule has 0 bridgehead atoms. The fraction of sp³-hybridized carbons (Fsp3) is 0.500. The second kappa shape index (κ2) is 15.5. The topological polar surface area (TPSA) is 95.2 Å². The summed E-state index contributed by atoms with van der Waals surface area (Å²) in [6.07, 6.45) is 0. The van der Waals surface area contributed by atoms with E-state index in [9.17, 15) is 25.2 Å². The van der Waals surface area contributed by atoms with E-state index in [0.717, 1.165) is 0 Å². The number of halogens is 6. The Bertz CT molecular complexity index is 307. The first-order chi connectivity index (χ1) is 8.11. The molecule has 4 nitrogen and oxygen atoms in total. The maximum Gasteiger partial charge on any atom is 0 e. The Labute approximate surface area is 123 Å². The van der Waals surface area contributed by atoms with Crippen molar-refractivity contribution >= 4 is 7.81 Å². The summed E-state index contributed by atoms with van der Waals surface area (Å²) in [6.45, 7) is 5.72.